The molecule has 1 unspecified atom stereocenters. The number of fused-ring (bicyclic) bond motifs is 1. The summed E-state index contributed by atoms with van der Waals surface area (Å²) in [6.07, 6.45) is 2.34. The van der Waals surface area contributed by atoms with Crippen LogP contribution in [-0.4, -0.2) is 35.3 Å². The van der Waals surface area contributed by atoms with Gasteiger partial charge in [-0.05, 0) is 57.0 Å². The van der Waals surface area contributed by atoms with Gasteiger partial charge in [-0.2, -0.15) is 5.10 Å². The Hall–Kier alpha value is -1.89. The summed E-state index contributed by atoms with van der Waals surface area (Å²) in [4.78, 5) is 14.3. The molecule has 26 heavy (non-hydrogen) atoms. The first-order valence-electron chi connectivity index (χ1n) is 8.86. The van der Waals surface area contributed by atoms with Gasteiger partial charge in [0.2, 0.25) is 0 Å². The maximum absolute atomic E-state index is 12.6. The molecule has 2 N–H and O–H groups in total. The van der Waals surface area contributed by atoms with Gasteiger partial charge in [0.25, 0.3) is 5.91 Å². The van der Waals surface area contributed by atoms with E-state index in [4.69, 9.17) is 11.6 Å². The van der Waals surface area contributed by atoms with Crippen LogP contribution in [0.4, 0.5) is 0 Å². The van der Waals surface area contributed by atoms with Crippen molar-refractivity contribution >= 4 is 39.1 Å². The van der Waals surface area contributed by atoms with Crippen molar-refractivity contribution in [3.8, 4) is 5.69 Å². The van der Waals surface area contributed by atoms with Crippen molar-refractivity contribution < 1.29 is 4.79 Å². The Morgan fingerprint density at radius 3 is 3.08 bits per heavy atom. The Labute approximate surface area is 161 Å². The normalized spacial score (nSPS) is 17.5. The first-order valence-corrected chi connectivity index (χ1v) is 10.1. The highest BCUT2D eigenvalue weighted by Crippen LogP contribution is 2.32. The molecule has 3 aromatic rings. The molecule has 3 heterocycles. The second-order valence-corrected chi connectivity index (χ2v) is 8.14. The summed E-state index contributed by atoms with van der Waals surface area (Å²) >= 11 is 7.79. The zero-order chi connectivity index (χ0) is 18.1. The standard InChI is InChI=1S/C19H21ClN4OS/c1-12-14-9-17(18(25)22-11-13-5-4-8-21-10-13)26-19(14)24(23-12)16-7-3-2-6-15(16)20/h2-3,6-7,9,13,21H,4-5,8,10-11H2,1H3,(H,22,25). The third kappa shape index (κ3) is 3.37. The largest absolute Gasteiger partial charge is 0.351 e. The number of para-hydroxylation sites is 1. The maximum atomic E-state index is 12.6. The van der Waals surface area contributed by atoms with Crippen LogP contribution < -0.4 is 10.6 Å². The van der Waals surface area contributed by atoms with E-state index in [1.807, 2.05) is 41.9 Å². The van der Waals surface area contributed by atoms with Crippen LogP contribution in [0, 0.1) is 12.8 Å². The van der Waals surface area contributed by atoms with Gasteiger partial charge in [0.1, 0.15) is 4.83 Å². The summed E-state index contributed by atoms with van der Waals surface area (Å²) < 4.78 is 1.83. The molecule has 1 aliphatic rings. The number of aryl methyl sites for hydroxylation is 1. The molecule has 1 atom stereocenters. The molecule has 0 saturated carbocycles. The monoisotopic (exact) mass is 388 g/mol. The highest BCUT2D eigenvalue weighted by molar-refractivity contribution is 7.20. The number of aromatic nitrogens is 2. The Balaban J connectivity index is 1.58. The van der Waals surface area contributed by atoms with E-state index in [9.17, 15) is 4.79 Å². The molecule has 5 nitrogen and oxygen atoms in total. The fraction of sp³-hybridized carbons (Fsp3) is 0.368. The number of carbonyl (C=O) groups is 1. The first kappa shape index (κ1) is 17.5. The molecule has 1 aliphatic heterocycles. The quantitative estimate of drug-likeness (QED) is 0.715. The number of hydrogen-bond donors (Lipinski definition) is 2. The second-order valence-electron chi connectivity index (χ2n) is 6.70. The Morgan fingerprint density at radius 1 is 1.46 bits per heavy atom. The molecular formula is C19H21ClN4OS. The summed E-state index contributed by atoms with van der Waals surface area (Å²) in [5.74, 6) is 0.504. The molecule has 1 amide bonds. The molecule has 0 radical (unpaired) electrons. The number of hydrogen-bond acceptors (Lipinski definition) is 4. The molecule has 7 heteroatoms. The van der Waals surface area contributed by atoms with Gasteiger partial charge in [-0.15, -0.1) is 11.3 Å². The van der Waals surface area contributed by atoms with E-state index in [1.165, 1.54) is 24.2 Å². The molecule has 136 valence electrons. The summed E-state index contributed by atoms with van der Waals surface area (Å²) in [5, 5.41) is 12.7. The lowest BCUT2D eigenvalue weighted by Crippen LogP contribution is -2.37. The molecule has 1 saturated heterocycles. The first-order chi connectivity index (χ1) is 12.6. The van der Waals surface area contributed by atoms with Gasteiger partial charge in [0.05, 0.1) is 21.3 Å². The van der Waals surface area contributed by atoms with E-state index in [1.54, 1.807) is 0 Å². The summed E-state index contributed by atoms with van der Waals surface area (Å²) in [5.41, 5.74) is 1.72. The lowest BCUT2D eigenvalue weighted by Gasteiger charge is -2.22. The summed E-state index contributed by atoms with van der Waals surface area (Å²) in [6.45, 7) is 4.74. The van der Waals surface area contributed by atoms with Crippen LogP contribution in [0.15, 0.2) is 30.3 Å². The third-order valence-corrected chi connectivity index (χ3v) is 6.23. The van der Waals surface area contributed by atoms with Crippen molar-refractivity contribution in [1.29, 1.82) is 0 Å². The molecule has 4 rings (SSSR count). The molecule has 1 fully saturated rings. The van der Waals surface area contributed by atoms with Crippen molar-refractivity contribution in [3.63, 3.8) is 0 Å². The van der Waals surface area contributed by atoms with Gasteiger partial charge in [-0.1, -0.05) is 23.7 Å². The summed E-state index contributed by atoms with van der Waals surface area (Å²) in [6, 6.07) is 9.54. The average molecular weight is 389 g/mol. The lowest BCUT2D eigenvalue weighted by atomic mass is 10.00. The van der Waals surface area contributed by atoms with Crippen LogP contribution in [0.3, 0.4) is 0 Å². The van der Waals surface area contributed by atoms with E-state index < -0.39 is 0 Å². The maximum Gasteiger partial charge on any atom is 0.261 e. The Kier molecular flexibility index (Phi) is 4.98. The van der Waals surface area contributed by atoms with E-state index >= 15 is 0 Å². The summed E-state index contributed by atoms with van der Waals surface area (Å²) in [7, 11) is 0. The fourth-order valence-corrected chi connectivity index (χ4v) is 4.68. The predicted octanol–water partition coefficient (Wildman–Crippen LogP) is 3.78. The second kappa shape index (κ2) is 7.39. The molecule has 0 aliphatic carbocycles. The highest BCUT2D eigenvalue weighted by atomic mass is 35.5. The number of halogens is 1. The van der Waals surface area contributed by atoms with Crippen molar-refractivity contribution in [2.75, 3.05) is 19.6 Å². The van der Waals surface area contributed by atoms with E-state index in [-0.39, 0.29) is 5.91 Å². The van der Waals surface area contributed by atoms with Crippen LogP contribution in [0.5, 0.6) is 0 Å². The minimum Gasteiger partial charge on any atom is -0.351 e. The number of benzene rings is 1. The van der Waals surface area contributed by atoms with Crippen LogP contribution in [0.1, 0.15) is 28.2 Å². The number of carbonyl (C=O) groups excluding carboxylic acids is 1. The number of nitrogens with one attached hydrogen (secondary N) is 2. The lowest BCUT2D eigenvalue weighted by molar-refractivity contribution is 0.0949. The molecule has 0 bridgehead atoms. The van der Waals surface area contributed by atoms with E-state index in [0.717, 1.165) is 41.2 Å². The van der Waals surface area contributed by atoms with Crippen molar-refractivity contribution in [2.24, 2.45) is 5.92 Å². The zero-order valence-corrected chi connectivity index (χ0v) is 16.2. The molecular weight excluding hydrogens is 368 g/mol. The Morgan fingerprint density at radius 2 is 2.31 bits per heavy atom. The zero-order valence-electron chi connectivity index (χ0n) is 14.6. The molecule has 2 aromatic heterocycles. The van der Waals surface area contributed by atoms with Crippen molar-refractivity contribution in [1.82, 2.24) is 20.4 Å². The molecule has 0 spiro atoms. The van der Waals surface area contributed by atoms with Crippen molar-refractivity contribution in [3.05, 3.63) is 45.9 Å². The number of amides is 1. The van der Waals surface area contributed by atoms with Gasteiger partial charge in [-0.25, -0.2) is 4.68 Å². The van der Waals surface area contributed by atoms with E-state index in [2.05, 4.69) is 15.7 Å². The van der Waals surface area contributed by atoms with Crippen LogP contribution in [0.2, 0.25) is 5.02 Å². The van der Waals surface area contributed by atoms with Gasteiger partial charge < -0.3 is 10.6 Å². The van der Waals surface area contributed by atoms with Gasteiger partial charge in [0.15, 0.2) is 0 Å². The van der Waals surface area contributed by atoms with Crippen LogP contribution >= 0.6 is 22.9 Å². The smallest absolute Gasteiger partial charge is 0.261 e. The van der Waals surface area contributed by atoms with Crippen LogP contribution in [-0.2, 0) is 0 Å². The number of rotatable bonds is 4. The predicted molar refractivity (Wildman–Crippen MR) is 107 cm³/mol. The SMILES string of the molecule is Cc1nn(-c2ccccc2Cl)c2sc(C(=O)NCC3CCCNC3)cc12. The Bertz CT molecular complexity index is 942. The van der Waals surface area contributed by atoms with Crippen LogP contribution in [0.25, 0.3) is 15.9 Å². The van der Waals surface area contributed by atoms with E-state index in [0.29, 0.717) is 15.8 Å². The average Bonchev–Trinajstić information content (AvgIpc) is 3.22. The number of thiophene rings is 1. The van der Waals surface area contributed by atoms with Gasteiger partial charge in [0, 0.05) is 11.9 Å². The number of piperidine rings is 1. The minimum absolute atomic E-state index is 0.0121. The molecule has 1 aromatic carbocycles. The fourth-order valence-electron chi connectivity index (χ4n) is 3.37. The van der Waals surface area contributed by atoms with Gasteiger partial charge >= 0.3 is 0 Å². The third-order valence-electron chi connectivity index (χ3n) is 4.80. The van der Waals surface area contributed by atoms with Gasteiger partial charge in [-0.3, -0.25) is 4.79 Å². The highest BCUT2D eigenvalue weighted by Gasteiger charge is 2.19. The minimum atomic E-state index is -0.0121. The number of nitrogens with zero attached hydrogens (tertiary/aromatic N) is 2. The van der Waals surface area contributed by atoms with Crippen molar-refractivity contribution in [2.45, 2.75) is 19.8 Å². The topological polar surface area (TPSA) is 59.0 Å².